The van der Waals surface area contributed by atoms with Crippen LogP contribution in [0.4, 0.5) is 0 Å². The number of ether oxygens (including phenoxy) is 4. The number of carbonyl (C=O) groups is 3. The molecule has 3 heterocycles. The first-order chi connectivity index (χ1) is 21.0. The topological polar surface area (TPSA) is 132 Å². The normalized spacial score (nSPS) is 19.6. The van der Waals surface area contributed by atoms with Crippen LogP contribution in [0.5, 0.6) is 0 Å². The Morgan fingerprint density at radius 2 is 1.26 bits per heavy atom. The van der Waals surface area contributed by atoms with E-state index in [0.29, 0.717) is 11.2 Å². The number of rotatable bonds is 8. The molecule has 0 amide bonds. The molecular weight excluding hydrogens is 576 g/mol. The van der Waals surface area contributed by atoms with Crippen molar-refractivity contribution in [2.24, 2.45) is 0 Å². The summed E-state index contributed by atoms with van der Waals surface area (Å²) in [6, 6.07) is 25.1. The fraction of sp³-hybridized carbons (Fsp3) is 0.161. The summed E-state index contributed by atoms with van der Waals surface area (Å²) >= 11 is 6.23. The van der Waals surface area contributed by atoms with E-state index in [4.69, 9.17) is 30.5 Å². The van der Waals surface area contributed by atoms with Crippen LogP contribution >= 0.6 is 11.6 Å². The standard InChI is InChI=1S/C31H23ClN4O7/c32-26-23-27(34-17-33-26)36(18-35-23)28-25(43-31(39)21-14-8-3-9-15-21)24(42-30(38)20-12-6-2-7-13-20)22(41-28)16-40-29(37)19-10-4-1-5-11-19/h1-15,17-18,22,24-25,28H,16H2/t22-,24+,25-,28+/m0/s1. The third kappa shape index (κ3) is 5.94. The van der Waals surface area contributed by atoms with Crippen molar-refractivity contribution in [2.45, 2.75) is 24.5 Å². The highest BCUT2D eigenvalue weighted by atomic mass is 35.5. The van der Waals surface area contributed by atoms with Crippen molar-refractivity contribution in [3.63, 3.8) is 0 Å². The lowest BCUT2D eigenvalue weighted by atomic mass is 10.1. The Morgan fingerprint density at radius 1 is 0.721 bits per heavy atom. The summed E-state index contributed by atoms with van der Waals surface area (Å²) in [5, 5.41) is 0.111. The third-order valence-electron chi connectivity index (χ3n) is 6.77. The van der Waals surface area contributed by atoms with Gasteiger partial charge in [-0.3, -0.25) is 4.57 Å². The summed E-state index contributed by atoms with van der Waals surface area (Å²) in [4.78, 5) is 51.9. The average Bonchev–Trinajstić information content (AvgIpc) is 3.63. The summed E-state index contributed by atoms with van der Waals surface area (Å²) in [6.07, 6.45) is -1.90. The molecule has 0 spiro atoms. The molecule has 4 atom stereocenters. The second-order valence-electron chi connectivity index (χ2n) is 9.49. The summed E-state index contributed by atoms with van der Waals surface area (Å²) in [5.74, 6) is -1.97. The van der Waals surface area contributed by atoms with Crippen LogP contribution in [0.2, 0.25) is 5.15 Å². The SMILES string of the molecule is O=C(OC[C@@H]1O[C@@H](n2cnc3c(Cl)ncnc32)[C@@H](OC(=O)c2ccccc2)[C@@H]1OC(=O)c1ccccc1)c1ccccc1. The van der Waals surface area contributed by atoms with E-state index in [1.165, 1.54) is 17.2 Å². The zero-order valence-corrected chi connectivity index (χ0v) is 23.1. The Labute approximate surface area is 250 Å². The average molecular weight is 599 g/mol. The van der Waals surface area contributed by atoms with Gasteiger partial charge in [0.25, 0.3) is 0 Å². The predicted octanol–water partition coefficient (Wildman–Crippen LogP) is 4.69. The van der Waals surface area contributed by atoms with Crippen LogP contribution in [-0.2, 0) is 18.9 Å². The van der Waals surface area contributed by atoms with Crippen LogP contribution in [0.3, 0.4) is 0 Å². The van der Waals surface area contributed by atoms with Crippen molar-refractivity contribution < 1.29 is 33.3 Å². The van der Waals surface area contributed by atoms with Gasteiger partial charge >= 0.3 is 17.9 Å². The quantitative estimate of drug-likeness (QED) is 0.141. The molecule has 6 rings (SSSR count). The number of fused-ring (bicyclic) bond motifs is 1. The van der Waals surface area contributed by atoms with Gasteiger partial charge in [0.1, 0.15) is 24.6 Å². The minimum Gasteiger partial charge on any atom is -0.459 e. The maximum atomic E-state index is 13.3. The van der Waals surface area contributed by atoms with E-state index in [2.05, 4.69) is 15.0 Å². The zero-order valence-electron chi connectivity index (χ0n) is 22.4. The van der Waals surface area contributed by atoms with Crippen molar-refractivity contribution in [2.75, 3.05) is 6.61 Å². The van der Waals surface area contributed by atoms with Crippen LogP contribution in [0, 0.1) is 0 Å². The smallest absolute Gasteiger partial charge is 0.338 e. The zero-order chi connectivity index (χ0) is 29.8. The first-order valence-corrected chi connectivity index (χ1v) is 13.6. The molecule has 0 unspecified atom stereocenters. The highest BCUT2D eigenvalue weighted by Crippen LogP contribution is 2.37. The molecule has 0 saturated carbocycles. The van der Waals surface area contributed by atoms with E-state index < -0.39 is 42.4 Å². The summed E-state index contributed by atoms with van der Waals surface area (Å²) in [6.45, 7) is -0.321. The van der Waals surface area contributed by atoms with Gasteiger partial charge < -0.3 is 18.9 Å². The number of halogens is 1. The molecule has 0 aliphatic carbocycles. The molecule has 12 heteroatoms. The van der Waals surface area contributed by atoms with Crippen molar-refractivity contribution in [1.82, 2.24) is 19.5 Å². The highest BCUT2D eigenvalue weighted by molar-refractivity contribution is 6.33. The third-order valence-corrected chi connectivity index (χ3v) is 7.04. The molecule has 216 valence electrons. The number of carbonyl (C=O) groups excluding carboxylic acids is 3. The Kier molecular flexibility index (Phi) is 8.07. The Balaban J connectivity index is 1.37. The number of imidazole rings is 1. The van der Waals surface area contributed by atoms with Gasteiger partial charge in [0.05, 0.1) is 23.0 Å². The minimum atomic E-state index is -1.22. The number of benzene rings is 3. The molecule has 0 N–H and O–H groups in total. The van der Waals surface area contributed by atoms with Gasteiger partial charge in [0.15, 0.2) is 29.2 Å². The fourth-order valence-electron chi connectivity index (χ4n) is 4.69. The van der Waals surface area contributed by atoms with Crippen LogP contribution in [0.1, 0.15) is 37.3 Å². The number of hydrogen-bond acceptors (Lipinski definition) is 10. The van der Waals surface area contributed by atoms with Crippen LogP contribution in [0.15, 0.2) is 104 Å². The molecular formula is C31H23ClN4O7. The Hall–Kier alpha value is -5.13. The second-order valence-corrected chi connectivity index (χ2v) is 9.85. The number of esters is 3. The molecule has 3 aromatic carbocycles. The molecule has 2 aromatic heterocycles. The lowest BCUT2D eigenvalue weighted by Crippen LogP contribution is -2.41. The lowest BCUT2D eigenvalue weighted by molar-refractivity contribution is -0.0606. The molecule has 11 nitrogen and oxygen atoms in total. The molecule has 1 saturated heterocycles. The van der Waals surface area contributed by atoms with Crippen molar-refractivity contribution in [1.29, 1.82) is 0 Å². The highest BCUT2D eigenvalue weighted by Gasteiger charge is 2.51. The molecule has 43 heavy (non-hydrogen) atoms. The maximum absolute atomic E-state index is 13.3. The van der Waals surface area contributed by atoms with Crippen molar-refractivity contribution >= 4 is 40.7 Å². The van der Waals surface area contributed by atoms with Crippen LogP contribution < -0.4 is 0 Å². The van der Waals surface area contributed by atoms with Crippen molar-refractivity contribution in [3.8, 4) is 0 Å². The van der Waals surface area contributed by atoms with Gasteiger partial charge in [-0.1, -0.05) is 66.2 Å². The van der Waals surface area contributed by atoms with Gasteiger partial charge in [-0.15, -0.1) is 0 Å². The van der Waals surface area contributed by atoms with E-state index >= 15 is 0 Å². The van der Waals surface area contributed by atoms with Crippen LogP contribution in [0.25, 0.3) is 11.2 Å². The molecule has 0 radical (unpaired) electrons. The first kappa shape index (κ1) is 28.0. The number of hydrogen-bond donors (Lipinski definition) is 0. The van der Waals surface area contributed by atoms with Gasteiger partial charge in [-0.05, 0) is 36.4 Å². The Morgan fingerprint density at radius 3 is 1.84 bits per heavy atom. The molecule has 5 aromatic rings. The van der Waals surface area contributed by atoms with E-state index in [1.54, 1.807) is 91.0 Å². The maximum Gasteiger partial charge on any atom is 0.338 e. The fourth-order valence-corrected chi connectivity index (χ4v) is 4.87. The Bertz CT molecular complexity index is 1750. The first-order valence-electron chi connectivity index (χ1n) is 13.2. The lowest BCUT2D eigenvalue weighted by Gasteiger charge is -2.25. The summed E-state index contributed by atoms with van der Waals surface area (Å²) in [5.41, 5.74) is 1.45. The van der Waals surface area contributed by atoms with Crippen molar-refractivity contribution in [3.05, 3.63) is 125 Å². The molecule has 1 aliphatic heterocycles. The van der Waals surface area contributed by atoms with Gasteiger partial charge in [-0.2, -0.15) is 0 Å². The minimum absolute atomic E-state index is 0.111. The number of aromatic nitrogens is 4. The predicted molar refractivity (Wildman–Crippen MR) is 152 cm³/mol. The largest absolute Gasteiger partial charge is 0.459 e. The second kappa shape index (κ2) is 12.4. The van der Waals surface area contributed by atoms with Crippen LogP contribution in [-0.4, -0.2) is 62.3 Å². The van der Waals surface area contributed by atoms with E-state index in [1.807, 2.05) is 0 Å². The molecule has 1 aliphatic rings. The van der Waals surface area contributed by atoms with Gasteiger partial charge in [0, 0.05) is 0 Å². The molecule has 1 fully saturated rings. The monoisotopic (exact) mass is 598 g/mol. The molecule has 0 bridgehead atoms. The van der Waals surface area contributed by atoms with E-state index in [-0.39, 0.29) is 28.4 Å². The summed E-state index contributed by atoms with van der Waals surface area (Å²) < 4.78 is 25.3. The van der Waals surface area contributed by atoms with E-state index in [9.17, 15) is 14.4 Å². The summed E-state index contributed by atoms with van der Waals surface area (Å²) in [7, 11) is 0. The van der Waals surface area contributed by atoms with Gasteiger partial charge in [-0.25, -0.2) is 29.3 Å². The van der Waals surface area contributed by atoms with Gasteiger partial charge in [0.2, 0.25) is 0 Å². The van der Waals surface area contributed by atoms with E-state index in [0.717, 1.165) is 0 Å². The number of nitrogens with zero attached hydrogens (tertiary/aromatic N) is 4.